The maximum Gasteiger partial charge on any atom is 0.418 e. The summed E-state index contributed by atoms with van der Waals surface area (Å²) in [5.41, 5.74) is -0.0758. The molecule has 7 heteroatoms. The minimum absolute atomic E-state index is 0.136. The fraction of sp³-hybridized carbons (Fsp3) is 0.0625. The minimum atomic E-state index is -4.53. The maximum atomic E-state index is 13.1. The number of nitrogens with one attached hydrogen (secondary N) is 1. The fourth-order valence-corrected chi connectivity index (χ4v) is 2.77. The van der Waals surface area contributed by atoms with Crippen molar-refractivity contribution in [2.45, 2.75) is 6.18 Å². The second-order valence-electron chi connectivity index (χ2n) is 4.89. The summed E-state index contributed by atoms with van der Waals surface area (Å²) in [4.78, 5) is 14.1. The van der Waals surface area contributed by atoms with Crippen LogP contribution in [0.15, 0.2) is 36.4 Å². The van der Waals surface area contributed by atoms with E-state index in [-0.39, 0.29) is 27.2 Å². The number of fused-ring (bicyclic) bond motifs is 1. The zero-order valence-corrected chi connectivity index (χ0v) is 12.9. The number of halogens is 5. The molecule has 0 spiro atoms. The standard InChI is InChI=1S/C16H8Cl2F3NO/c17-12-5-4-8(6-13(12)18)14-10(7-23)9-2-1-3-11(15(9)22-14)16(19,20)21/h1-7,22H. The van der Waals surface area contributed by atoms with Crippen LogP contribution >= 0.6 is 23.2 Å². The highest BCUT2D eigenvalue weighted by molar-refractivity contribution is 6.42. The van der Waals surface area contributed by atoms with Crippen LogP contribution in [0.1, 0.15) is 15.9 Å². The Bertz CT molecular complexity index is 916. The van der Waals surface area contributed by atoms with Crippen LogP contribution in [0.3, 0.4) is 0 Å². The molecule has 1 aromatic heterocycles. The number of aromatic nitrogens is 1. The first-order chi connectivity index (χ1) is 10.8. The first-order valence-electron chi connectivity index (χ1n) is 6.45. The highest BCUT2D eigenvalue weighted by Gasteiger charge is 2.34. The Kier molecular flexibility index (Phi) is 3.86. The summed E-state index contributed by atoms with van der Waals surface area (Å²) in [6.45, 7) is 0. The third-order valence-electron chi connectivity index (χ3n) is 3.51. The Labute approximate surface area is 138 Å². The molecule has 1 heterocycles. The predicted octanol–water partition coefficient (Wildman–Crippen LogP) is 5.97. The Morgan fingerprint density at radius 1 is 1.04 bits per heavy atom. The summed E-state index contributed by atoms with van der Waals surface area (Å²) in [7, 11) is 0. The molecule has 118 valence electrons. The SMILES string of the molecule is O=Cc1c(-c2ccc(Cl)c(Cl)c2)[nH]c2c(C(F)(F)F)cccc12. The van der Waals surface area contributed by atoms with E-state index in [9.17, 15) is 18.0 Å². The van der Waals surface area contributed by atoms with Crippen molar-refractivity contribution in [3.05, 3.63) is 57.6 Å². The summed E-state index contributed by atoms with van der Waals surface area (Å²) in [5.74, 6) is 0. The Hall–Kier alpha value is -1.98. The van der Waals surface area contributed by atoms with Gasteiger partial charge in [0.2, 0.25) is 0 Å². The molecule has 23 heavy (non-hydrogen) atoms. The predicted molar refractivity (Wildman–Crippen MR) is 84.1 cm³/mol. The highest BCUT2D eigenvalue weighted by atomic mass is 35.5. The third kappa shape index (κ3) is 2.71. The molecule has 1 N–H and O–H groups in total. The topological polar surface area (TPSA) is 32.9 Å². The van der Waals surface area contributed by atoms with E-state index in [1.165, 1.54) is 24.3 Å². The molecule has 3 aromatic rings. The van der Waals surface area contributed by atoms with E-state index in [0.717, 1.165) is 6.07 Å². The molecule has 0 bridgehead atoms. The molecule has 0 amide bonds. The van der Waals surface area contributed by atoms with Crippen LogP contribution in [0.2, 0.25) is 10.0 Å². The number of aldehydes is 1. The van der Waals surface area contributed by atoms with Crippen molar-refractivity contribution in [1.29, 1.82) is 0 Å². The van der Waals surface area contributed by atoms with Gasteiger partial charge >= 0.3 is 6.18 Å². The Morgan fingerprint density at radius 3 is 2.39 bits per heavy atom. The lowest BCUT2D eigenvalue weighted by Crippen LogP contribution is -2.05. The van der Waals surface area contributed by atoms with Gasteiger partial charge < -0.3 is 4.98 Å². The second kappa shape index (κ2) is 5.58. The van der Waals surface area contributed by atoms with E-state index in [0.29, 0.717) is 16.9 Å². The Morgan fingerprint density at radius 2 is 1.78 bits per heavy atom. The molecule has 2 nitrogen and oxygen atoms in total. The number of aromatic amines is 1. The Balaban J connectivity index is 2.33. The third-order valence-corrected chi connectivity index (χ3v) is 4.24. The van der Waals surface area contributed by atoms with Gasteiger partial charge in [0.25, 0.3) is 0 Å². The normalized spacial score (nSPS) is 11.9. The number of hydrogen-bond donors (Lipinski definition) is 1. The molecule has 2 aromatic carbocycles. The molecule has 0 fully saturated rings. The number of alkyl halides is 3. The van der Waals surface area contributed by atoms with E-state index in [4.69, 9.17) is 23.2 Å². The first-order valence-corrected chi connectivity index (χ1v) is 7.21. The second-order valence-corrected chi connectivity index (χ2v) is 5.70. The molecule has 0 unspecified atom stereocenters. The molecule has 0 aliphatic carbocycles. The van der Waals surface area contributed by atoms with Gasteiger partial charge in [0.1, 0.15) is 0 Å². The van der Waals surface area contributed by atoms with Gasteiger partial charge in [0.15, 0.2) is 6.29 Å². The van der Waals surface area contributed by atoms with E-state index in [1.807, 2.05) is 0 Å². The lowest BCUT2D eigenvalue weighted by molar-refractivity contribution is -0.136. The van der Waals surface area contributed by atoms with Crippen LogP contribution in [0.4, 0.5) is 13.2 Å². The van der Waals surface area contributed by atoms with Crippen LogP contribution in [0.5, 0.6) is 0 Å². The molecule has 0 aliphatic heterocycles. The van der Waals surface area contributed by atoms with Crippen molar-refractivity contribution in [3.8, 4) is 11.3 Å². The smallest absolute Gasteiger partial charge is 0.353 e. The molecule has 0 radical (unpaired) electrons. The molecular weight excluding hydrogens is 350 g/mol. The number of carbonyl (C=O) groups excluding carboxylic acids is 1. The minimum Gasteiger partial charge on any atom is -0.353 e. The van der Waals surface area contributed by atoms with Crippen LogP contribution in [0, 0.1) is 0 Å². The van der Waals surface area contributed by atoms with Gasteiger partial charge in [-0.15, -0.1) is 0 Å². The molecule has 3 rings (SSSR count). The number of carbonyl (C=O) groups is 1. The van der Waals surface area contributed by atoms with Crippen LogP contribution in [-0.4, -0.2) is 11.3 Å². The van der Waals surface area contributed by atoms with Gasteiger partial charge in [-0.05, 0) is 18.2 Å². The van der Waals surface area contributed by atoms with Crippen molar-refractivity contribution >= 4 is 40.4 Å². The van der Waals surface area contributed by atoms with Crippen LogP contribution in [-0.2, 0) is 6.18 Å². The van der Waals surface area contributed by atoms with Gasteiger partial charge in [0.05, 0.1) is 26.8 Å². The number of benzene rings is 2. The average Bonchev–Trinajstić information content (AvgIpc) is 2.87. The summed E-state index contributed by atoms with van der Waals surface area (Å²) in [6, 6.07) is 8.29. The van der Waals surface area contributed by atoms with Crippen LogP contribution < -0.4 is 0 Å². The van der Waals surface area contributed by atoms with E-state index in [1.54, 1.807) is 6.07 Å². The van der Waals surface area contributed by atoms with Gasteiger partial charge in [-0.1, -0.05) is 41.4 Å². The molecule has 0 aliphatic rings. The molecule has 0 saturated carbocycles. The van der Waals surface area contributed by atoms with E-state index in [2.05, 4.69) is 4.98 Å². The summed E-state index contributed by atoms with van der Waals surface area (Å²) in [6.07, 6.45) is -4.00. The number of H-pyrrole nitrogens is 1. The summed E-state index contributed by atoms with van der Waals surface area (Å²) in [5, 5.41) is 0.766. The zero-order valence-electron chi connectivity index (χ0n) is 11.3. The highest BCUT2D eigenvalue weighted by Crippen LogP contribution is 2.39. The van der Waals surface area contributed by atoms with Crippen LogP contribution in [0.25, 0.3) is 22.2 Å². The number of rotatable bonds is 2. The summed E-state index contributed by atoms with van der Waals surface area (Å²) >= 11 is 11.8. The molecular formula is C16H8Cl2F3NO. The van der Waals surface area contributed by atoms with E-state index < -0.39 is 11.7 Å². The quantitative estimate of drug-likeness (QED) is 0.562. The number of para-hydroxylation sites is 1. The lowest BCUT2D eigenvalue weighted by Gasteiger charge is -2.07. The monoisotopic (exact) mass is 357 g/mol. The van der Waals surface area contributed by atoms with Crippen molar-refractivity contribution in [1.82, 2.24) is 4.98 Å². The van der Waals surface area contributed by atoms with Crippen molar-refractivity contribution < 1.29 is 18.0 Å². The zero-order chi connectivity index (χ0) is 16.8. The number of hydrogen-bond acceptors (Lipinski definition) is 1. The lowest BCUT2D eigenvalue weighted by atomic mass is 10.0. The fourth-order valence-electron chi connectivity index (χ4n) is 2.48. The first kappa shape index (κ1) is 15.9. The van der Waals surface area contributed by atoms with Crippen molar-refractivity contribution in [3.63, 3.8) is 0 Å². The van der Waals surface area contributed by atoms with Gasteiger partial charge in [0, 0.05) is 16.5 Å². The summed E-state index contributed by atoms with van der Waals surface area (Å²) < 4.78 is 39.4. The van der Waals surface area contributed by atoms with Gasteiger partial charge in [-0.3, -0.25) is 4.79 Å². The maximum absolute atomic E-state index is 13.1. The van der Waals surface area contributed by atoms with Gasteiger partial charge in [-0.2, -0.15) is 13.2 Å². The largest absolute Gasteiger partial charge is 0.418 e. The van der Waals surface area contributed by atoms with Crippen molar-refractivity contribution in [2.24, 2.45) is 0 Å². The van der Waals surface area contributed by atoms with E-state index >= 15 is 0 Å². The average molecular weight is 358 g/mol. The molecule has 0 saturated heterocycles. The van der Waals surface area contributed by atoms with Crippen molar-refractivity contribution in [2.75, 3.05) is 0 Å². The van der Waals surface area contributed by atoms with Gasteiger partial charge in [-0.25, -0.2) is 0 Å². The molecule has 0 atom stereocenters.